The molecule has 6 nitrogen and oxygen atoms in total. The number of non-ortho nitro benzene ring substituents is 1. The average molecular weight is 364 g/mol. The van der Waals surface area contributed by atoms with Gasteiger partial charge in [-0.2, -0.15) is 0 Å². The second-order valence-electron chi connectivity index (χ2n) is 6.98. The van der Waals surface area contributed by atoms with Gasteiger partial charge in [0.25, 0.3) is 5.69 Å². The molecule has 1 heterocycles. The van der Waals surface area contributed by atoms with Crippen molar-refractivity contribution >= 4 is 29.0 Å². The zero-order chi connectivity index (χ0) is 19.6. The van der Waals surface area contributed by atoms with Crippen molar-refractivity contribution in [2.75, 3.05) is 5.32 Å². The molecule has 0 aromatic heterocycles. The van der Waals surface area contributed by atoms with Crippen molar-refractivity contribution < 1.29 is 14.5 Å². The van der Waals surface area contributed by atoms with Crippen LogP contribution in [0.15, 0.2) is 54.6 Å². The monoisotopic (exact) mass is 364 g/mol. The summed E-state index contributed by atoms with van der Waals surface area (Å²) in [6, 6.07) is 11.4. The highest BCUT2D eigenvalue weighted by Gasteiger charge is 2.22. The van der Waals surface area contributed by atoms with Crippen LogP contribution in [0.25, 0.3) is 11.6 Å². The third kappa shape index (κ3) is 4.41. The molecule has 1 aliphatic rings. The molecule has 2 aromatic carbocycles. The van der Waals surface area contributed by atoms with Crippen molar-refractivity contribution in [3.8, 4) is 5.75 Å². The van der Waals surface area contributed by atoms with E-state index in [1.165, 1.54) is 18.2 Å². The second kappa shape index (κ2) is 7.07. The van der Waals surface area contributed by atoms with E-state index in [1.54, 1.807) is 24.3 Å². The van der Waals surface area contributed by atoms with Crippen molar-refractivity contribution in [3.05, 3.63) is 75.9 Å². The van der Waals surface area contributed by atoms with Crippen LogP contribution in [0.5, 0.6) is 5.75 Å². The SMILES string of the molecule is CC1=CC(C)(C)Nc2ccc(OC(=O)/C=C/c3ccc([N+](=O)[O-])cc3)cc21. The lowest BCUT2D eigenvalue weighted by molar-refractivity contribution is -0.384. The van der Waals surface area contributed by atoms with E-state index >= 15 is 0 Å². The van der Waals surface area contributed by atoms with Gasteiger partial charge in [-0.05, 0) is 68.3 Å². The number of hydrogen-bond donors (Lipinski definition) is 1. The summed E-state index contributed by atoms with van der Waals surface area (Å²) < 4.78 is 5.38. The lowest BCUT2D eigenvalue weighted by atomic mass is 9.91. The Balaban J connectivity index is 1.70. The van der Waals surface area contributed by atoms with E-state index in [9.17, 15) is 14.9 Å². The van der Waals surface area contributed by atoms with E-state index < -0.39 is 10.9 Å². The summed E-state index contributed by atoms with van der Waals surface area (Å²) in [6.07, 6.45) is 4.99. The van der Waals surface area contributed by atoms with E-state index in [-0.39, 0.29) is 11.2 Å². The van der Waals surface area contributed by atoms with Crippen LogP contribution in [0.1, 0.15) is 31.9 Å². The highest BCUT2D eigenvalue weighted by molar-refractivity contribution is 5.89. The Kier molecular flexibility index (Phi) is 4.81. The number of ether oxygens (including phenoxy) is 1. The van der Waals surface area contributed by atoms with Gasteiger partial charge in [0.05, 0.1) is 10.5 Å². The first kappa shape index (κ1) is 18.4. The molecule has 0 bridgehead atoms. The quantitative estimate of drug-likeness (QED) is 0.276. The maximum absolute atomic E-state index is 12.1. The topological polar surface area (TPSA) is 81.5 Å². The van der Waals surface area contributed by atoms with Gasteiger partial charge < -0.3 is 10.1 Å². The number of esters is 1. The summed E-state index contributed by atoms with van der Waals surface area (Å²) in [5.41, 5.74) is 3.67. The molecule has 138 valence electrons. The van der Waals surface area contributed by atoms with Gasteiger partial charge in [-0.15, -0.1) is 0 Å². The van der Waals surface area contributed by atoms with Crippen LogP contribution in [-0.2, 0) is 4.79 Å². The first-order valence-corrected chi connectivity index (χ1v) is 8.50. The fraction of sp³-hybridized carbons (Fsp3) is 0.190. The van der Waals surface area contributed by atoms with Crippen LogP contribution >= 0.6 is 0 Å². The number of fused-ring (bicyclic) bond motifs is 1. The maximum atomic E-state index is 12.1. The van der Waals surface area contributed by atoms with Crippen LogP contribution in [0.3, 0.4) is 0 Å². The van der Waals surface area contributed by atoms with Gasteiger partial charge in [-0.1, -0.05) is 6.08 Å². The zero-order valence-electron chi connectivity index (χ0n) is 15.4. The summed E-state index contributed by atoms with van der Waals surface area (Å²) in [7, 11) is 0. The first-order chi connectivity index (χ1) is 12.7. The number of nitro groups is 1. The molecule has 0 atom stereocenters. The molecule has 1 N–H and O–H groups in total. The molecule has 0 amide bonds. The molecular weight excluding hydrogens is 344 g/mol. The lowest BCUT2D eigenvalue weighted by Crippen LogP contribution is -2.31. The van der Waals surface area contributed by atoms with Gasteiger partial charge in [-0.3, -0.25) is 10.1 Å². The molecule has 1 aliphatic heterocycles. The van der Waals surface area contributed by atoms with Crippen LogP contribution in [-0.4, -0.2) is 16.4 Å². The molecule has 0 saturated carbocycles. The fourth-order valence-corrected chi connectivity index (χ4v) is 3.05. The Morgan fingerprint density at radius 2 is 1.89 bits per heavy atom. The molecule has 0 radical (unpaired) electrons. The van der Waals surface area contributed by atoms with Crippen LogP contribution in [0.4, 0.5) is 11.4 Å². The Hall–Kier alpha value is -3.41. The van der Waals surface area contributed by atoms with Crippen molar-refractivity contribution in [2.45, 2.75) is 26.3 Å². The number of nitrogens with one attached hydrogen (secondary N) is 1. The van der Waals surface area contributed by atoms with Crippen molar-refractivity contribution in [1.29, 1.82) is 0 Å². The van der Waals surface area contributed by atoms with Crippen LogP contribution in [0.2, 0.25) is 0 Å². The Morgan fingerprint density at radius 1 is 1.19 bits per heavy atom. The summed E-state index contributed by atoms with van der Waals surface area (Å²) in [6.45, 7) is 6.22. The highest BCUT2D eigenvalue weighted by Crippen LogP contribution is 2.35. The van der Waals surface area contributed by atoms with Gasteiger partial charge in [0.1, 0.15) is 5.75 Å². The van der Waals surface area contributed by atoms with Crippen molar-refractivity contribution in [1.82, 2.24) is 0 Å². The molecular formula is C21H20N2O4. The normalized spacial score (nSPS) is 14.9. The van der Waals surface area contributed by atoms with Gasteiger partial charge in [0.15, 0.2) is 0 Å². The predicted octanol–water partition coefficient (Wildman–Crippen LogP) is 4.82. The van der Waals surface area contributed by atoms with Crippen LogP contribution in [0, 0.1) is 10.1 Å². The molecule has 0 fully saturated rings. The minimum Gasteiger partial charge on any atom is -0.423 e. The number of nitro benzene ring substituents is 1. The Bertz CT molecular complexity index is 957. The maximum Gasteiger partial charge on any atom is 0.336 e. The number of allylic oxidation sites excluding steroid dienone is 1. The number of carbonyl (C=O) groups is 1. The fourth-order valence-electron chi connectivity index (χ4n) is 3.05. The van der Waals surface area contributed by atoms with Crippen molar-refractivity contribution in [2.24, 2.45) is 0 Å². The zero-order valence-corrected chi connectivity index (χ0v) is 15.4. The smallest absolute Gasteiger partial charge is 0.336 e. The van der Waals surface area contributed by atoms with Crippen LogP contribution < -0.4 is 10.1 Å². The third-order valence-electron chi connectivity index (χ3n) is 4.18. The number of carbonyl (C=O) groups excluding carboxylic acids is 1. The molecule has 0 aliphatic carbocycles. The second-order valence-corrected chi connectivity index (χ2v) is 6.98. The van der Waals surface area contributed by atoms with E-state index in [0.29, 0.717) is 11.3 Å². The van der Waals surface area contributed by atoms with Gasteiger partial charge >= 0.3 is 5.97 Å². The highest BCUT2D eigenvalue weighted by atomic mass is 16.6. The summed E-state index contributed by atoms with van der Waals surface area (Å²) in [5.74, 6) is -0.0552. The van der Waals surface area contributed by atoms with E-state index in [0.717, 1.165) is 16.8 Å². The number of benzene rings is 2. The van der Waals surface area contributed by atoms with Crippen molar-refractivity contribution in [3.63, 3.8) is 0 Å². The van der Waals surface area contributed by atoms with Gasteiger partial charge in [0.2, 0.25) is 0 Å². The average Bonchev–Trinajstić information content (AvgIpc) is 2.60. The Labute approximate surface area is 157 Å². The predicted molar refractivity (Wildman–Crippen MR) is 106 cm³/mol. The number of anilines is 1. The minimum absolute atomic E-state index is 0.00370. The summed E-state index contributed by atoms with van der Waals surface area (Å²) >= 11 is 0. The number of rotatable bonds is 4. The largest absolute Gasteiger partial charge is 0.423 e. The molecule has 27 heavy (non-hydrogen) atoms. The molecule has 0 unspecified atom stereocenters. The summed E-state index contributed by atoms with van der Waals surface area (Å²) in [5, 5.41) is 14.1. The lowest BCUT2D eigenvalue weighted by Gasteiger charge is -2.31. The summed E-state index contributed by atoms with van der Waals surface area (Å²) in [4.78, 5) is 22.2. The number of hydrogen-bond acceptors (Lipinski definition) is 5. The Morgan fingerprint density at radius 3 is 2.56 bits per heavy atom. The molecule has 6 heteroatoms. The number of nitrogens with zero attached hydrogens (tertiary/aromatic N) is 1. The first-order valence-electron chi connectivity index (χ1n) is 8.50. The van der Waals surface area contributed by atoms with E-state index in [1.807, 2.05) is 19.1 Å². The van der Waals surface area contributed by atoms with Gasteiger partial charge in [0, 0.05) is 29.5 Å². The molecule has 3 rings (SSSR count). The van der Waals surface area contributed by atoms with E-state index in [4.69, 9.17) is 4.74 Å². The van der Waals surface area contributed by atoms with Gasteiger partial charge in [-0.25, -0.2) is 4.79 Å². The molecule has 2 aromatic rings. The molecule has 0 spiro atoms. The van der Waals surface area contributed by atoms with E-state index in [2.05, 4.69) is 25.2 Å². The standard InChI is InChI=1S/C21H20N2O4/c1-14-13-21(2,3)22-19-10-9-17(12-18(14)19)27-20(24)11-6-15-4-7-16(8-5-15)23(25)26/h4-13,22H,1-3H3/b11-6+. The minimum atomic E-state index is -0.515. The third-order valence-corrected chi connectivity index (χ3v) is 4.18. The molecule has 0 saturated heterocycles.